The van der Waals surface area contributed by atoms with Gasteiger partial charge in [0.2, 0.25) is 0 Å². The van der Waals surface area contributed by atoms with Crippen LogP contribution in [0.3, 0.4) is 0 Å². The molecular weight excluding hydrogens is 489 g/mol. The third kappa shape index (κ3) is 6.05. The van der Waals surface area contributed by atoms with E-state index in [0.717, 1.165) is 23.9 Å². The summed E-state index contributed by atoms with van der Waals surface area (Å²) in [5, 5.41) is 20.7. The lowest BCUT2D eigenvalue weighted by molar-refractivity contribution is -0.179. The summed E-state index contributed by atoms with van der Waals surface area (Å²) in [7, 11) is -2.46. The average molecular weight is 515 g/mol. The first-order valence-corrected chi connectivity index (χ1v) is 11.8. The number of benzene rings is 1. The maximum absolute atomic E-state index is 12.5. The lowest BCUT2D eigenvalue weighted by Crippen LogP contribution is -2.41. The number of para-hydroxylation sites is 1. The number of ether oxygens (including phenoxy) is 2. The van der Waals surface area contributed by atoms with Gasteiger partial charge in [-0.05, 0) is 19.1 Å². The van der Waals surface area contributed by atoms with E-state index in [-0.39, 0.29) is 0 Å². The van der Waals surface area contributed by atoms with E-state index in [1.54, 1.807) is 37.4 Å². The lowest BCUT2D eigenvalue weighted by atomic mass is 10.1. The number of likely N-dealkylation sites (N-methyl/N-ethyl adjacent to an activating group) is 1. The fourth-order valence-electron chi connectivity index (χ4n) is 3.39. The summed E-state index contributed by atoms with van der Waals surface area (Å²) in [5.41, 5.74) is -0.966. The monoisotopic (exact) mass is 515 g/mol. The molecular formula is C20H26N3O11P. The molecule has 0 radical (unpaired) electrons. The Morgan fingerprint density at radius 1 is 1.20 bits per heavy atom. The molecule has 0 amide bonds. The van der Waals surface area contributed by atoms with Gasteiger partial charge in [-0.25, -0.2) is 18.7 Å². The Labute approximate surface area is 198 Å². The van der Waals surface area contributed by atoms with Crippen molar-refractivity contribution in [2.45, 2.75) is 43.8 Å². The molecule has 15 heteroatoms. The van der Waals surface area contributed by atoms with Crippen molar-refractivity contribution < 1.29 is 43.0 Å². The van der Waals surface area contributed by atoms with Gasteiger partial charge >= 0.3 is 19.5 Å². The third-order valence-corrected chi connectivity index (χ3v) is 6.31. The van der Waals surface area contributed by atoms with Gasteiger partial charge in [0, 0.05) is 32.1 Å². The minimum Gasteiger partial charge on any atom is -0.387 e. The fourth-order valence-corrected chi connectivity index (χ4v) is 4.28. The van der Waals surface area contributed by atoms with Crippen LogP contribution in [0.25, 0.3) is 0 Å². The number of anilines is 1. The van der Waals surface area contributed by atoms with E-state index in [0.29, 0.717) is 5.69 Å². The molecule has 4 N–H and O–H groups in total. The Balaban J connectivity index is 1.70. The van der Waals surface area contributed by atoms with E-state index in [1.807, 2.05) is 4.98 Å². The molecule has 2 heterocycles. The maximum atomic E-state index is 12.5. The summed E-state index contributed by atoms with van der Waals surface area (Å²) < 4.78 is 33.4. The number of carbonyl (C=O) groups excluding carboxylic acids is 1. The van der Waals surface area contributed by atoms with Crippen LogP contribution < -0.4 is 16.1 Å². The summed E-state index contributed by atoms with van der Waals surface area (Å²) in [4.78, 5) is 49.4. The fraction of sp³-hybridized carbons (Fsp3) is 0.450. The van der Waals surface area contributed by atoms with Crippen molar-refractivity contribution in [3.63, 3.8) is 0 Å². The van der Waals surface area contributed by atoms with Gasteiger partial charge in [-0.15, -0.1) is 0 Å². The van der Waals surface area contributed by atoms with Crippen LogP contribution in [-0.2, 0) is 27.9 Å². The first-order valence-electron chi connectivity index (χ1n) is 10.3. The summed E-state index contributed by atoms with van der Waals surface area (Å²) in [6, 6.07) is 8.77. The number of aliphatic hydroxyl groups is 2. The van der Waals surface area contributed by atoms with Gasteiger partial charge in [0.15, 0.2) is 12.5 Å². The second-order valence-corrected chi connectivity index (χ2v) is 9.03. The molecule has 1 aromatic heterocycles. The number of phosphoric acid groups is 1. The summed E-state index contributed by atoms with van der Waals surface area (Å²) in [6.45, 7) is 1.45. The lowest BCUT2D eigenvalue weighted by Gasteiger charge is -2.28. The van der Waals surface area contributed by atoms with E-state index in [4.69, 9.17) is 14.0 Å². The van der Waals surface area contributed by atoms with Gasteiger partial charge in [-0.1, -0.05) is 18.2 Å². The van der Waals surface area contributed by atoms with Crippen LogP contribution in [0, 0.1) is 0 Å². The van der Waals surface area contributed by atoms with Crippen LogP contribution in [-0.4, -0.2) is 75.4 Å². The zero-order valence-corrected chi connectivity index (χ0v) is 19.8. The number of aromatic nitrogens is 2. The van der Waals surface area contributed by atoms with Crippen molar-refractivity contribution in [2.75, 3.05) is 19.1 Å². The Morgan fingerprint density at radius 2 is 1.86 bits per heavy atom. The first kappa shape index (κ1) is 26.8. The molecule has 7 atom stereocenters. The minimum absolute atomic E-state index is 0.653. The molecule has 1 aliphatic rings. The molecule has 2 unspecified atom stereocenters. The largest absolute Gasteiger partial charge is 0.532 e. The van der Waals surface area contributed by atoms with Gasteiger partial charge < -0.3 is 29.1 Å². The average Bonchev–Trinajstić information content (AvgIpc) is 3.11. The molecule has 0 bridgehead atoms. The van der Waals surface area contributed by atoms with Gasteiger partial charge in [-0.3, -0.25) is 19.2 Å². The van der Waals surface area contributed by atoms with E-state index in [2.05, 4.69) is 4.52 Å². The van der Waals surface area contributed by atoms with Crippen LogP contribution in [0.4, 0.5) is 5.69 Å². The van der Waals surface area contributed by atoms with Crippen LogP contribution in [0.5, 0.6) is 0 Å². The normalized spacial score (nSPS) is 25.4. The number of phosphoric ester groups is 1. The highest BCUT2D eigenvalue weighted by Crippen LogP contribution is 2.47. The number of aromatic amines is 1. The van der Waals surface area contributed by atoms with E-state index in [1.165, 1.54) is 11.8 Å². The summed E-state index contributed by atoms with van der Waals surface area (Å²) in [6.07, 6.45) is -7.28. The number of methoxy groups -OCH3 is 1. The summed E-state index contributed by atoms with van der Waals surface area (Å²) in [5.74, 6) is -1.08. The number of hydrogen-bond acceptors (Lipinski definition) is 11. The zero-order chi connectivity index (χ0) is 25.9. The van der Waals surface area contributed by atoms with Crippen LogP contribution >= 0.6 is 7.82 Å². The minimum atomic E-state index is -5.10. The SMILES string of the molecule is COC(OP(=O)(O)OC(=O)[C@H](C)N(C)c1ccccc1)[C@H]1O[C@@H](n2ccc(=O)[nH]c2=O)[C@H](O)[C@@H]1O. The van der Waals surface area contributed by atoms with Gasteiger partial charge in [-0.2, -0.15) is 0 Å². The Morgan fingerprint density at radius 3 is 2.46 bits per heavy atom. The molecule has 35 heavy (non-hydrogen) atoms. The molecule has 0 spiro atoms. The van der Waals surface area contributed by atoms with Crippen molar-refractivity contribution in [3.05, 3.63) is 63.4 Å². The van der Waals surface area contributed by atoms with E-state index >= 15 is 0 Å². The smallest absolute Gasteiger partial charge is 0.387 e. The molecule has 1 aromatic carbocycles. The highest BCUT2D eigenvalue weighted by molar-refractivity contribution is 7.48. The predicted octanol–water partition coefficient (Wildman–Crippen LogP) is -0.687. The third-order valence-electron chi connectivity index (χ3n) is 5.43. The second-order valence-electron chi connectivity index (χ2n) is 7.70. The van der Waals surface area contributed by atoms with Crippen molar-refractivity contribution in [3.8, 4) is 0 Å². The Kier molecular flexibility index (Phi) is 8.28. The highest BCUT2D eigenvalue weighted by Gasteiger charge is 2.50. The number of nitrogens with one attached hydrogen (secondary N) is 1. The Hall–Kier alpha value is -2.84. The zero-order valence-electron chi connectivity index (χ0n) is 19.0. The van der Waals surface area contributed by atoms with Crippen molar-refractivity contribution >= 4 is 19.5 Å². The number of nitrogens with zero attached hydrogens (tertiary/aromatic N) is 2. The predicted molar refractivity (Wildman–Crippen MR) is 119 cm³/mol. The summed E-state index contributed by atoms with van der Waals surface area (Å²) >= 11 is 0. The van der Waals surface area contributed by atoms with Crippen molar-refractivity contribution in [1.82, 2.24) is 9.55 Å². The maximum Gasteiger partial charge on any atom is 0.532 e. The molecule has 3 rings (SSSR count). The topological polar surface area (TPSA) is 190 Å². The van der Waals surface area contributed by atoms with Crippen LogP contribution in [0.15, 0.2) is 52.2 Å². The Bertz CT molecular complexity index is 1190. The van der Waals surface area contributed by atoms with Crippen molar-refractivity contribution in [2.24, 2.45) is 0 Å². The number of hydrogen-bond donors (Lipinski definition) is 4. The molecule has 14 nitrogen and oxygen atoms in total. The molecule has 1 fully saturated rings. The first-order chi connectivity index (χ1) is 16.4. The molecule has 192 valence electrons. The molecule has 2 aromatic rings. The number of H-pyrrole nitrogens is 1. The second kappa shape index (κ2) is 10.8. The van der Waals surface area contributed by atoms with Gasteiger partial charge in [0.05, 0.1) is 0 Å². The van der Waals surface area contributed by atoms with Gasteiger partial charge in [0.25, 0.3) is 5.56 Å². The van der Waals surface area contributed by atoms with Gasteiger partial charge in [0.1, 0.15) is 24.4 Å². The van der Waals surface area contributed by atoms with E-state index in [9.17, 15) is 34.1 Å². The number of carbonyl (C=O) groups is 1. The molecule has 0 saturated carbocycles. The van der Waals surface area contributed by atoms with Crippen LogP contribution in [0.2, 0.25) is 0 Å². The number of aliphatic hydroxyl groups excluding tert-OH is 2. The van der Waals surface area contributed by atoms with E-state index < -0.39 is 61.9 Å². The quantitative estimate of drug-likeness (QED) is 0.243. The molecule has 0 aliphatic carbocycles. The van der Waals surface area contributed by atoms with Crippen LogP contribution in [0.1, 0.15) is 13.2 Å². The molecule has 1 saturated heterocycles. The highest BCUT2D eigenvalue weighted by atomic mass is 31.2. The standard InChI is InChI=1S/C20H26N3O11P/c1-11(22(2)12-7-5-4-6-8-12)18(27)33-35(29,30)34-19(31-3)16-14(25)15(26)17(32-16)23-10-9-13(24)21-20(23)28/h4-11,14-17,19,25-26H,1-3H3,(H,29,30)(H,21,24,28)/t11-,14-,15+,16-,17+,19?/m0/s1. The molecule has 1 aliphatic heterocycles. The van der Waals surface area contributed by atoms with Crippen molar-refractivity contribution in [1.29, 1.82) is 0 Å². The number of rotatable bonds is 9.